The van der Waals surface area contributed by atoms with Crippen molar-refractivity contribution >= 4 is 21.6 Å². The van der Waals surface area contributed by atoms with Gasteiger partial charge in [0, 0.05) is 43.5 Å². The van der Waals surface area contributed by atoms with E-state index >= 15 is 0 Å². The van der Waals surface area contributed by atoms with Crippen molar-refractivity contribution in [3.63, 3.8) is 0 Å². The van der Waals surface area contributed by atoms with E-state index in [-0.39, 0.29) is 10.8 Å². The lowest BCUT2D eigenvalue weighted by molar-refractivity contribution is 0.0573. The first-order valence-corrected chi connectivity index (χ1v) is 12.6. The van der Waals surface area contributed by atoms with Gasteiger partial charge in [-0.05, 0) is 62.1 Å². The van der Waals surface area contributed by atoms with Gasteiger partial charge in [0.05, 0.1) is 4.90 Å². The molecule has 0 unspecified atom stereocenters. The second-order valence-electron chi connectivity index (χ2n) is 8.72. The second-order valence-corrected chi connectivity index (χ2v) is 10.4. The van der Waals surface area contributed by atoms with Crippen molar-refractivity contribution in [2.75, 3.05) is 30.9 Å². The van der Waals surface area contributed by atoms with Crippen LogP contribution in [0, 0.1) is 13.8 Å². The lowest BCUT2D eigenvalue weighted by Crippen LogP contribution is -2.51. The van der Waals surface area contributed by atoms with Crippen LogP contribution in [0.15, 0.2) is 47.4 Å². The maximum Gasteiger partial charge on any atom is 0.262 e. The van der Waals surface area contributed by atoms with Crippen LogP contribution in [0.25, 0.3) is 0 Å². The van der Waals surface area contributed by atoms with E-state index in [4.69, 9.17) is 0 Å². The van der Waals surface area contributed by atoms with Crippen LogP contribution in [0.4, 0.5) is 5.69 Å². The number of anilines is 1. The number of nitrogens with zero attached hydrogens (tertiary/aromatic N) is 2. The zero-order valence-electron chi connectivity index (χ0n) is 18.3. The van der Waals surface area contributed by atoms with Gasteiger partial charge < -0.3 is 4.90 Å². The van der Waals surface area contributed by atoms with Gasteiger partial charge in [-0.25, -0.2) is 8.42 Å². The number of benzene rings is 2. The van der Waals surface area contributed by atoms with E-state index in [2.05, 4.69) is 9.62 Å². The molecule has 1 amide bonds. The Morgan fingerprint density at radius 2 is 1.68 bits per heavy atom. The molecule has 0 atom stereocenters. The molecule has 1 N–H and O–H groups in total. The maximum absolute atomic E-state index is 13.0. The molecule has 2 aromatic rings. The molecule has 6 nitrogen and oxygen atoms in total. The van der Waals surface area contributed by atoms with Crippen molar-refractivity contribution in [3.05, 3.63) is 59.2 Å². The van der Waals surface area contributed by atoms with Gasteiger partial charge >= 0.3 is 0 Å². The first-order chi connectivity index (χ1) is 14.8. The van der Waals surface area contributed by atoms with E-state index in [1.165, 1.54) is 25.7 Å². The summed E-state index contributed by atoms with van der Waals surface area (Å²) in [5, 5.41) is 0. The minimum Gasteiger partial charge on any atom is -0.336 e. The van der Waals surface area contributed by atoms with Crippen molar-refractivity contribution < 1.29 is 13.2 Å². The molecule has 31 heavy (non-hydrogen) atoms. The van der Waals surface area contributed by atoms with E-state index in [1.54, 1.807) is 43.3 Å². The number of piperazine rings is 1. The Morgan fingerprint density at radius 1 is 0.968 bits per heavy atom. The summed E-state index contributed by atoms with van der Waals surface area (Å²) in [5.41, 5.74) is 2.48. The van der Waals surface area contributed by atoms with Crippen LogP contribution < -0.4 is 4.72 Å². The predicted octanol–water partition coefficient (Wildman–Crippen LogP) is 3.80. The topological polar surface area (TPSA) is 69.7 Å². The molecule has 166 valence electrons. The number of carbonyl (C=O) groups excluding carboxylic acids is 1. The number of sulfonamides is 1. The molecular weight excluding hydrogens is 410 g/mol. The Labute approximate surface area is 185 Å². The van der Waals surface area contributed by atoms with Crippen LogP contribution in [0.1, 0.15) is 47.2 Å². The zero-order valence-corrected chi connectivity index (χ0v) is 19.1. The SMILES string of the molecule is Cc1ccc(C)c(S(=O)(=O)Nc2cccc(C(=O)N3CCN(C4CCCC4)CC3)c2)c1. The summed E-state index contributed by atoms with van der Waals surface area (Å²) in [6, 6.07) is 12.8. The third-order valence-corrected chi connectivity index (χ3v) is 7.96. The number of nitrogens with one attached hydrogen (secondary N) is 1. The Kier molecular flexibility index (Phi) is 6.34. The van der Waals surface area contributed by atoms with Crippen molar-refractivity contribution in [1.29, 1.82) is 0 Å². The fraction of sp³-hybridized carbons (Fsp3) is 0.458. The van der Waals surface area contributed by atoms with Crippen LogP contribution >= 0.6 is 0 Å². The van der Waals surface area contributed by atoms with Gasteiger partial charge in [0.1, 0.15) is 0 Å². The van der Waals surface area contributed by atoms with Gasteiger partial charge in [-0.3, -0.25) is 14.4 Å². The second kappa shape index (κ2) is 9.01. The van der Waals surface area contributed by atoms with Crippen LogP contribution in [0.5, 0.6) is 0 Å². The number of hydrogen-bond acceptors (Lipinski definition) is 4. The smallest absolute Gasteiger partial charge is 0.262 e. The van der Waals surface area contributed by atoms with Gasteiger partial charge in [-0.1, -0.05) is 31.0 Å². The minimum absolute atomic E-state index is 0.0427. The summed E-state index contributed by atoms with van der Waals surface area (Å²) in [7, 11) is -3.73. The highest BCUT2D eigenvalue weighted by atomic mass is 32.2. The Bertz CT molecular complexity index is 1050. The first kappa shape index (κ1) is 21.8. The maximum atomic E-state index is 13.0. The molecule has 1 saturated heterocycles. The molecular formula is C24H31N3O3S. The van der Waals surface area contributed by atoms with E-state index < -0.39 is 10.0 Å². The summed E-state index contributed by atoms with van der Waals surface area (Å²) >= 11 is 0. The molecule has 0 aromatic heterocycles. The zero-order chi connectivity index (χ0) is 22.0. The quantitative estimate of drug-likeness (QED) is 0.766. The third-order valence-electron chi connectivity index (χ3n) is 6.44. The van der Waals surface area contributed by atoms with Crippen molar-refractivity contribution in [3.8, 4) is 0 Å². The summed E-state index contributed by atoms with van der Waals surface area (Å²) in [6.07, 6.45) is 5.18. The summed E-state index contributed by atoms with van der Waals surface area (Å²) < 4.78 is 28.5. The number of amides is 1. The lowest BCUT2D eigenvalue weighted by Gasteiger charge is -2.38. The van der Waals surface area contributed by atoms with Crippen molar-refractivity contribution in [2.45, 2.75) is 50.5 Å². The molecule has 2 fully saturated rings. The highest BCUT2D eigenvalue weighted by Gasteiger charge is 2.28. The van der Waals surface area contributed by atoms with Crippen molar-refractivity contribution in [2.24, 2.45) is 0 Å². The molecule has 2 aromatic carbocycles. The summed E-state index contributed by atoms with van der Waals surface area (Å²) in [5.74, 6) is -0.0427. The fourth-order valence-corrected chi connectivity index (χ4v) is 6.04. The number of hydrogen-bond donors (Lipinski definition) is 1. The number of carbonyl (C=O) groups is 1. The summed E-state index contributed by atoms with van der Waals surface area (Å²) in [4.78, 5) is 17.7. The summed E-state index contributed by atoms with van der Waals surface area (Å²) in [6.45, 7) is 6.90. The molecule has 0 bridgehead atoms. The van der Waals surface area contributed by atoms with Gasteiger partial charge in [-0.15, -0.1) is 0 Å². The molecule has 7 heteroatoms. The molecule has 0 radical (unpaired) electrons. The number of rotatable bonds is 5. The van der Waals surface area contributed by atoms with Crippen LogP contribution in [0.3, 0.4) is 0 Å². The minimum atomic E-state index is -3.73. The normalized spacial score (nSPS) is 18.3. The van der Waals surface area contributed by atoms with E-state index in [1.807, 2.05) is 17.9 Å². The standard InChI is InChI=1S/C24H31N3O3S/c1-18-10-11-19(2)23(16-18)31(29,30)25-21-7-5-6-20(17-21)24(28)27-14-12-26(13-15-27)22-8-3-4-9-22/h5-7,10-11,16-17,22,25H,3-4,8-9,12-15H2,1-2H3. The monoisotopic (exact) mass is 441 g/mol. The molecule has 0 spiro atoms. The average Bonchev–Trinajstić information content (AvgIpc) is 3.30. The molecule has 1 heterocycles. The van der Waals surface area contributed by atoms with Gasteiger partial charge in [-0.2, -0.15) is 0 Å². The largest absolute Gasteiger partial charge is 0.336 e. The van der Waals surface area contributed by atoms with Crippen LogP contribution in [0.2, 0.25) is 0 Å². The highest BCUT2D eigenvalue weighted by molar-refractivity contribution is 7.92. The van der Waals surface area contributed by atoms with E-state index in [0.29, 0.717) is 35.9 Å². The average molecular weight is 442 g/mol. The Morgan fingerprint density at radius 3 is 2.39 bits per heavy atom. The van der Waals surface area contributed by atoms with Gasteiger partial charge in [0.2, 0.25) is 0 Å². The molecule has 1 saturated carbocycles. The predicted molar refractivity (Wildman–Crippen MR) is 123 cm³/mol. The Hall–Kier alpha value is -2.38. The van der Waals surface area contributed by atoms with E-state index in [0.717, 1.165) is 18.7 Å². The van der Waals surface area contributed by atoms with E-state index in [9.17, 15) is 13.2 Å². The van der Waals surface area contributed by atoms with Gasteiger partial charge in [0.25, 0.3) is 15.9 Å². The first-order valence-electron chi connectivity index (χ1n) is 11.1. The van der Waals surface area contributed by atoms with Crippen molar-refractivity contribution in [1.82, 2.24) is 9.80 Å². The molecule has 1 aliphatic carbocycles. The molecule has 1 aliphatic heterocycles. The molecule has 4 rings (SSSR count). The Balaban J connectivity index is 1.44. The van der Waals surface area contributed by atoms with Gasteiger partial charge in [0.15, 0.2) is 0 Å². The fourth-order valence-electron chi connectivity index (χ4n) is 4.66. The highest BCUT2D eigenvalue weighted by Crippen LogP contribution is 2.25. The van der Waals surface area contributed by atoms with Crippen LogP contribution in [-0.4, -0.2) is 56.3 Å². The third kappa shape index (κ3) is 4.93. The number of aryl methyl sites for hydroxylation is 2. The van der Waals surface area contributed by atoms with Crippen LogP contribution in [-0.2, 0) is 10.0 Å². The molecule has 2 aliphatic rings. The lowest BCUT2D eigenvalue weighted by atomic mass is 10.1.